The Labute approximate surface area is 145 Å². The van der Waals surface area contributed by atoms with Crippen LogP contribution in [-0.4, -0.2) is 24.5 Å². The molecule has 0 aliphatic heterocycles. The SMILES string of the molecule is CCCN(CCc1ccccc1)CCc1cccc2ccccc12. The standard InChI is InChI=1S/C23H27N/c1-2-17-24(18-15-20-9-4-3-5-10-20)19-16-22-13-8-12-21-11-6-7-14-23(21)22/h3-14H,2,15-19H2,1H3. The van der Waals surface area contributed by atoms with Gasteiger partial charge in [0.2, 0.25) is 0 Å². The minimum atomic E-state index is 1.12. The molecule has 0 aromatic heterocycles. The van der Waals surface area contributed by atoms with E-state index < -0.39 is 0 Å². The summed E-state index contributed by atoms with van der Waals surface area (Å²) in [5.41, 5.74) is 2.90. The molecule has 0 amide bonds. The Morgan fingerprint density at radius 3 is 2.21 bits per heavy atom. The molecule has 3 rings (SSSR count). The summed E-state index contributed by atoms with van der Waals surface area (Å²) >= 11 is 0. The fraction of sp³-hybridized carbons (Fsp3) is 0.304. The quantitative estimate of drug-likeness (QED) is 0.542. The van der Waals surface area contributed by atoms with Crippen molar-refractivity contribution in [3.8, 4) is 0 Å². The molecule has 3 aromatic rings. The number of fused-ring (bicyclic) bond motifs is 1. The van der Waals surface area contributed by atoms with E-state index in [9.17, 15) is 0 Å². The van der Waals surface area contributed by atoms with Gasteiger partial charge in [-0.15, -0.1) is 0 Å². The number of rotatable bonds is 8. The van der Waals surface area contributed by atoms with Gasteiger partial charge in [-0.05, 0) is 47.7 Å². The van der Waals surface area contributed by atoms with E-state index in [0.717, 1.165) is 25.9 Å². The van der Waals surface area contributed by atoms with Gasteiger partial charge in [0.15, 0.2) is 0 Å². The molecule has 0 aliphatic rings. The van der Waals surface area contributed by atoms with Crippen molar-refractivity contribution in [3.63, 3.8) is 0 Å². The van der Waals surface area contributed by atoms with Crippen molar-refractivity contribution in [3.05, 3.63) is 83.9 Å². The van der Waals surface area contributed by atoms with E-state index in [-0.39, 0.29) is 0 Å². The molecule has 0 heterocycles. The van der Waals surface area contributed by atoms with Crippen LogP contribution in [0.25, 0.3) is 10.8 Å². The van der Waals surface area contributed by atoms with E-state index in [4.69, 9.17) is 0 Å². The average molecular weight is 317 g/mol. The Hall–Kier alpha value is -2.12. The fourth-order valence-corrected chi connectivity index (χ4v) is 3.37. The first kappa shape index (κ1) is 16.7. The molecule has 0 saturated carbocycles. The van der Waals surface area contributed by atoms with Gasteiger partial charge in [0.05, 0.1) is 0 Å². The molecule has 3 aromatic carbocycles. The predicted octanol–water partition coefficient (Wildman–Crippen LogP) is 5.34. The van der Waals surface area contributed by atoms with Gasteiger partial charge < -0.3 is 4.90 Å². The van der Waals surface area contributed by atoms with Gasteiger partial charge in [-0.3, -0.25) is 0 Å². The monoisotopic (exact) mass is 317 g/mol. The molecular formula is C23H27N. The van der Waals surface area contributed by atoms with Crippen LogP contribution in [0, 0.1) is 0 Å². The lowest BCUT2D eigenvalue weighted by Crippen LogP contribution is -2.29. The predicted molar refractivity (Wildman–Crippen MR) is 105 cm³/mol. The van der Waals surface area contributed by atoms with Gasteiger partial charge in [-0.2, -0.15) is 0 Å². The van der Waals surface area contributed by atoms with Gasteiger partial charge in [-0.1, -0.05) is 79.7 Å². The average Bonchev–Trinajstić information content (AvgIpc) is 2.65. The lowest BCUT2D eigenvalue weighted by Gasteiger charge is -2.22. The maximum absolute atomic E-state index is 2.61. The second kappa shape index (κ2) is 8.65. The summed E-state index contributed by atoms with van der Waals surface area (Å²) in [5, 5.41) is 2.75. The van der Waals surface area contributed by atoms with Gasteiger partial charge in [0, 0.05) is 13.1 Å². The molecular weight excluding hydrogens is 290 g/mol. The molecule has 124 valence electrons. The maximum Gasteiger partial charge on any atom is 0.00222 e. The molecule has 0 atom stereocenters. The van der Waals surface area contributed by atoms with Crippen LogP contribution in [0.2, 0.25) is 0 Å². The summed E-state index contributed by atoms with van der Waals surface area (Å²) in [4.78, 5) is 2.61. The van der Waals surface area contributed by atoms with E-state index in [1.165, 1.54) is 34.9 Å². The van der Waals surface area contributed by atoms with E-state index in [2.05, 4.69) is 84.6 Å². The number of hydrogen-bond acceptors (Lipinski definition) is 1. The highest BCUT2D eigenvalue weighted by atomic mass is 15.1. The number of benzene rings is 3. The first-order chi connectivity index (χ1) is 11.9. The molecule has 0 bridgehead atoms. The zero-order chi connectivity index (χ0) is 16.6. The zero-order valence-corrected chi connectivity index (χ0v) is 14.6. The lowest BCUT2D eigenvalue weighted by molar-refractivity contribution is 0.281. The first-order valence-electron chi connectivity index (χ1n) is 9.09. The van der Waals surface area contributed by atoms with Crippen molar-refractivity contribution < 1.29 is 0 Å². The molecule has 0 radical (unpaired) electrons. The largest absolute Gasteiger partial charge is 0.303 e. The maximum atomic E-state index is 2.61. The smallest absolute Gasteiger partial charge is 0.00222 e. The van der Waals surface area contributed by atoms with E-state index in [0.29, 0.717) is 0 Å². The van der Waals surface area contributed by atoms with Crippen LogP contribution in [0.4, 0.5) is 0 Å². The van der Waals surface area contributed by atoms with Crippen LogP contribution < -0.4 is 0 Å². The summed E-state index contributed by atoms with van der Waals surface area (Å²) in [6, 6.07) is 26.2. The highest BCUT2D eigenvalue weighted by molar-refractivity contribution is 5.85. The Morgan fingerprint density at radius 2 is 1.38 bits per heavy atom. The van der Waals surface area contributed by atoms with E-state index in [1.54, 1.807) is 0 Å². The Bertz CT molecular complexity index is 743. The third-order valence-corrected chi connectivity index (χ3v) is 4.68. The molecule has 1 heteroatoms. The van der Waals surface area contributed by atoms with Crippen molar-refractivity contribution in [1.29, 1.82) is 0 Å². The zero-order valence-electron chi connectivity index (χ0n) is 14.6. The summed E-state index contributed by atoms with van der Waals surface area (Å²) in [7, 11) is 0. The van der Waals surface area contributed by atoms with Crippen molar-refractivity contribution in [2.24, 2.45) is 0 Å². The van der Waals surface area contributed by atoms with Crippen molar-refractivity contribution in [2.45, 2.75) is 26.2 Å². The molecule has 0 spiro atoms. The molecule has 0 aliphatic carbocycles. The minimum absolute atomic E-state index is 1.12. The second-order valence-corrected chi connectivity index (χ2v) is 6.47. The molecule has 0 saturated heterocycles. The number of nitrogens with zero attached hydrogens (tertiary/aromatic N) is 1. The Kier molecular flexibility index (Phi) is 6.03. The van der Waals surface area contributed by atoms with Crippen molar-refractivity contribution >= 4 is 10.8 Å². The molecule has 0 fully saturated rings. The summed E-state index contributed by atoms with van der Waals surface area (Å²) in [5.74, 6) is 0. The number of hydrogen-bond donors (Lipinski definition) is 0. The van der Waals surface area contributed by atoms with Gasteiger partial charge in [-0.25, -0.2) is 0 Å². The third-order valence-electron chi connectivity index (χ3n) is 4.68. The molecule has 1 nitrogen and oxygen atoms in total. The van der Waals surface area contributed by atoms with E-state index in [1.807, 2.05) is 0 Å². The van der Waals surface area contributed by atoms with Crippen LogP contribution >= 0.6 is 0 Å². The highest BCUT2D eigenvalue weighted by Gasteiger charge is 2.07. The lowest BCUT2D eigenvalue weighted by atomic mass is 10.0. The van der Waals surface area contributed by atoms with Crippen molar-refractivity contribution in [1.82, 2.24) is 4.90 Å². The normalized spacial score (nSPS) is 11.2. The first-order valence-corrected chi connectivity index (χ1v) is 9.09. The summed E-state index contributed by atoms with van der Waals surface area (Å²) < 4.78 is 0. The second-order valence-electron chi connectivity index (χ2n) is 6.47. The highest BCUT2D eigenvalue weighted by Crippen LogP contribution is 2.19. The Morgan fingerprint density at radius 1 is 0.667 bits per heavy atom. The van der Waals surface area contributed by atoms with E-state index >= 15 is 0 Å². The minimum Gasteiger partial charge on any atom is -0.303 e. The summed E-state index contributed by atoms with van der Waals surface area (Å²) in [6.07, 6.45) is 3.47. The molecule has 0 unspecified atom stereocenters. The van der Waals surface area contributed by atoms with Crippen LogP contribution in [0.3, 0.4) is 0 Å². The van der Waals surface area contributed by atoms with Crippen LogP contribution in [0.5, 0.6) is 0 Å². The third kappa shape index (κ3) is 4.46. The topological polar surface area (TPSA) is 3.24 Å². The van der Waals surface area contributed by atoms with Gasteiger partial charge >= 0.3 is 0 Å². The molecule has 24 heavy (non-hydrogen) atoms. The van der Waals surface area contributed by atoms with Crippen LogP contribution in [0.15, 0.2) is 72.8 Å². The van der Waals surface area contributed by atoms with Gasteiger partial charge in [0.25, 0.3) is 0 Å². The van der Waals surface area contributed by atoms with Crippen molar-refractivity contribution in [2.75, 3.05) is 19.6 Å². The van der Waals surface area contributed by atoms with Gasteiger partial charge in [0.1, 0.15) is 0 Å². The van der Waals surface area contributed by atoms with Crippen LogP contribution in [-0.2, 0) is 12.8 Å². The summed E-state index contributed by atoms with van der Waals surface area (Å²) in [6.45, 7) is 5.72. The Balaban J connectivity index is 1.63. The molecule has 0 N–H and O–H groups in total. The van der Waals surface area contributed by atoms with Crippen LogP contribution in [0.1, 0.15) is 24.5 Å². The fourth-order valence-electron chi connectivity index (χ4n) is 3.37.